The van der Waals surface area contributed by atoms with Crippen LogP contribution < -0.4 is 11.1 Å². The van der Waals surface area contributed by atoms with Gasteiger partial charge in [0.25, 0.3) is 0 Å². The van der Waals surface area contributed by atoms with E-state index in [4.69, 9.17) is 10.8 Å². The van der Waals surface area contributed by atoms with Crippen molar-refractivity contribution in [3.63, 3.8) is 0 Å². The number of hydrogen-bond acceptors (Lipinski definition) is 3. The van der Waals surface area contributed by atoms with E-state index in [2.05, 4.69) is 5.32 Å². The molecule has 0 bridgehead atoms. The summed E-state index contributed by atoms with van der Waals surface area (Å²) in [7, 11) is 0. The Kier molecular flexibility index (Phi) is 3.53. The first-order valence-electron chi connectivity index (χ1n) is 5.16. The summed E-state index contributed by atoms with van der Waals surface area (Å²) in [6.45, 7) is 4.89. The topological polar surface area (TPSA) is 92.4 Å². The van der Waals surface area contributed by atoms with Crippen LogP contribution in [0, 0.1) is 6.92 Å². The summed E-state index contributed by atoms with van der Waals surface area (Å²) in [5.41, 5.74) is 5.70. The number of carboxylic acids is 1. The van der Waals surface area contributed by atoms with Crippen molar-refractivity contribution in [1.82, 2.24) is 0 Å². The Morgan fingerprint density at radius 2 is 1.94 bits per heavy atom. The lowest BCUT2D eigenvalue weighted by atomic mass is 10.0. The van der Waals surface area contributed by atoms with E-state index in [-0.39, 0.29) is 11.3 Å². The van der Waals surface area contributed by atoms with Crippen molar-refractivity contribution in [2.24, 2.45) is 5.73 Å². The molecule has 0 aliphatic rings. The lowest BCUT2D eigenvalue weighted by Gasteiger charge is -2.18. The fourth-order valence-electron chi connectivity index (χ4n) is 1.23. The van der Waals surface area contributed by atoms with Gasteiger partial charge in [0, 0.05) is 0 Å². The van der Waals surface area contributed by atoms with E-state index in [9.17, 15) is 9.59 Å². The zero-order chi connectivity index (χ0) is 13.2. The number of hydrogen-bond donors (Lipinski definition) is 3. The SMILES string of the molecule is Cc1ccc(NC(=O)C(C)(C)N)c(C(=O)O)c1. The zero-order valence-corrected chi connectivity index (χ0v) is 10.1. The minimum Gasteiger partial charge on any atom is -0.478 e. The van der Waals surface area contributed by atoms with Crippen molar-refractivity contribution in [2.45, 2.75) is 26.3 Å². The first-order chi connectivity index (χ1) is 7.71. The molecule has 0 radical (unpaired) electrons. The molecule has 92 valence electrons. The lowest BCUT2D eigenvalue weighted by Crippen LogP contribution is -2.45. The van der Waals surface area contributed by atoms with Crippen LogP contribution in [0.1, 0.15) is 29.8 Å². The van der Waals surface area contributed by atoms with Gasteiger partial charge in [0.15, 0.2) is 0 Å². The first-order valence-corrected chi connectivity index (χ1v) is 5.16. The van der Waals surface area contributed by atoms with Crippen molar-refractivity contribution in [1.29, 1.82) is 0 Å². The standard InChI is InChI=1S/C12H16N2O3/c1-7-4-5-9(8(6-7)10(15)16)14-11(17)12(2,3)13/h4-6H,13H2,1-3H3,(H,14,17)(H,15,16). The molecule has 0 heterocycles. The van der Waals surface area contributed by atoms with E-state index in [1.807, 2.05) is 0 Å². The van der Waals surface area contributed by atoms with Gasteiger partial charge in [-0.2, -0.15) is 0 Å². The maximum Gasteiger partial charge on any atom is 0.337 e. The monoisotopic (exact) mass is 236 g/mol. The third kappa shape index (κ3) is 3.29. The van der Waals surface area contributed by atoms with Crippen LogP contribution in [0.3, 0.4) is 0 Å². The van der Waals surface area contributed by atoms with Crippen LogP contribution in [0.5, 0.6) is 0 Å². The van der Waals surface area contributed by atoms with Crippen LogP contribution in [0.2, 0.25) is 0 Å². The van der Waals surface area contributed by atoms with Crippen molar-refractivity contribution in [3.8, 4) is 0 Å². The van der Waals surface area contributed by atoms with E-state index < -0.39 is 17.4 Å². The minimum atomic E-state index is -1.08. The second-order valence-electron chi connectivity index (χ2n) is 4.53. The molecule has 0 fully saturated rings. The smallest absolute Gasteiger partial charge is 0.337 e. The quantitative estimate of drug-likeness (QED) is 0.739. The molecule has 1 amide bonds. The summed E-state index contributed by atoms with van der Waals surface area (Å²) in [6, 6.07) is 4.79. The number of amides is 1. The normalized spacial score (nSPS) is 11.1. The number of rotatable bonds is 3. The average molecular weight is 236 g/mol. The van der Waals surface area contributed by atoms with Gasteiger partial charge in [0.1, 0.15) is 0 Å². The van der Waals surface area contributed by atoms with Gasteiger partial charge in [-0.05, 0) is 32.9 Å². The number of carbonyl (C=O) groups is 2. The Morgan fingerprint density at radius 1 is 1.35 bits per heavy atom. The Bertz CT molecular complexity index is 461. The highest BCUT2D eigenvalue weighted by molar-refractivity contribution is 6.03. The molecule has 0 unspecified atom stereocenters. The van der Waals surface area contributed by atoms with Crippen LogP contribution in [-0.4, -0.2) is 22.5 Å². The maximum absolute atomic E-state index is 11.7. The molecule has 1 aromatic rings. The van der Waals surface area contributed by atoms with E-state index in [1.165, 1.54) is 6.07 Å². The summed E-state index contributed by atoms with van der Waals surface area (Å²) in [6.07, 6.45) is 0. The van der Waals surface area contributed by atoms with Gasteiger partial charge in [-0.3, -0.25) is 4.79 Å². The van der Waals surface area contributed by atoms with Gasteiger partial charge in [-0.1, -0.05) is 11.6 Å². The number of carbonyl (C=O) groups excluding carboxylic acids is 1. The number of aryl methyl sites for hydroxylation is 1. The van der Waals surface area contributed by atoms with Crippen molar-refractivity contribution in [3.05, 3.63) is 29.3 Å². The molecule has 17 heavy (non-hydrogen) atoms. The molecule has 0 atom stereocenters. The highest BCUT2D eigenvalue weighted by Crippen LogP contribution is 2.18. The molecule has 0 aromatic heterocycles. The van der Waals surface area contributed by atoms with E-state index >= 15 is 0 Å². The highest BCUT2D eigenvalue weighted by Gasteiger charge is 2.23. The Hall–Kier alpha value is -1.88. The largest absolute Gasteiger partial charge is 0.478 e. The van der Waals surface area contributed by atoms with Crippen LogP contribution in [0.25, 0.3) is 0 Å². The molecule has 5 heteroatoms. The van der Waals surface area contributed by atoms with Crippen molar-refractivity contribution in [2.75, 3.05) is 5.32 Å². The number of carboxylic acid groups (broad SMARTS) is 1. The first kappa shape index (κ1) is 13.2. The van der Waals surface area contributed by atoms with E-state index in [0.717, 1.165) is 5.56 Å². The van der Waals surface area contributed by atoms with E-state index in [1.54, 1.807) is 32.9 Å². The molecule has 1 rings (SSSR count). The minimum absolute atomic E-state index is 0.0580. The average Bonchev–Trinajstić information content (AvgIpc) is 2.18. The lowest BCUT2D eigenvalue weighted by molar-refractivity contribution is -0.120. The number of nitrogens with one attached hydrogen (secondary N) is 1. The second-order valence-corrected chi connectivity index (χ2v) is 4.53. The van der Waals surface area contributed by atoms with Gasteiger partial charge >= 0.3 is 5.97 Å². The molecular formula is C12H16N2O3. The number of nitrogens with two attached hydrogens (primary N) is 1. The third-order valence-corrected chi connectivity index (χ3v) is 2.24. The van der Waals surface area contributed by atoms with Crippen molar-refractivity contribution < 1.29 is 14.7 Å². The molecule has 1 aromatic carbocycles. The van der Waals surface area contributed by atoms with Crippen LogP contribution >= 0.6 is 0 Å². The second kappa shape index (κ2) is 4.55. The molecule has 0 aliphatic carbocycles. The Labute approximate surface area is 99.6 Å². The van der Waals surface area contributed by atoms with Crippen LogP contribution in [0.15, 0.2) is 18.2 Å². The van der Waals surface area contributed by atoms with Crippen molar-refractivity contribution >= 4 is 17.6 Å². The number of anilines is 1. The Balaban J connectivity index is 3.07. The molecule has 5 nitrogen and oxygen atoms in total. The molecule has 0 saturated carbocycles. The summed E-state index contributed by atoms with van der Waals surface area (Å²) in [5.74, 6) is -1.51. The van der Waals surface area contributed by atoms with Gasteiger partial charge in [0.2, 0.25) is 5.91 Å². The molecule has 0 aliphatic heterocycles. The molecule has 0 spiro atoms. The van der Waals surface area contributed by atoms with Gasteiger partial charge in [-0.25, -0.2) is 4.79 Å². The van der Waals surface area contributed by atoms with Gasteiger partial charge in [-0.15, -0.1) is 0 Å². The van der Waals surface area contributed by atoms with Gasteiger partial charge in [0.05, 0.1) is 16.8 Å². The zero-order valence-electron chi connectivity index (χ0n) is 10.1. The predicted molar refractivity (Wildman–Crippen MR) is 65.0 cm³/mol. The summed E-state index contributed by atoms with van der Waals surface area (Å²) >= 11 is 0. The summed E-state index contributed by atoms with van der Waals surface area (Å²) in [4.78, 5) is 22.7. The highest BCUT2D eigenvalue weighted by atomic mass is 16.4. The maximum atomic E-state index is 11.7. The fourth-order valence-corrected chi connectivity index (χ4v) is 1.23. The van der Waals surface area contributed by atoms with Crippen LogP contribution in [0.4, 0.5) is 5.69 Å². The fraction of sp³-hybridized carbons (Fsp3) is 0.333. The predicted octanol–water partition coefficient (Wildman–Crippen LogP) is 1.37. The Morgan fingerprint density at radius 3 is 2.41 bits per heavy atom. The number of aromatic carboxylic acids is 1. The molecule has 4 N–H and O–H groups in total. The van der Waals surface area contributed by atoms with E-state index in [0.29, 0.717) is 0 Å². The molecule has 0 saturated heterocycles. The third-order valence-electron chi connectivity index (χ3n) is 2.24. The molecular weight excluding hydrogens is 220 g/mol. The summed E-state index contributed by atoms with van der Waals surface area (Å²) in [5, 5.41) is 11.5. The number of benzene rings is 1. The van der Waals surface area contributed by atoms with Crippen LogP contribution in [-0.2, 0) is 4.79 Å². The summed E-state index contributed by atoms with van der Waals surface area (Å²) < 4.78 is 0. The van der Waals surface area contributed by atoms with Gasteiger partial charge < -0.3 is 16.2 Å².